The van der Waals surface area contributed by atoms with E-state index in [9.17, 15) is 14.7 Å². The molecule has 3 aliphatic rings. The molecule has 2 N–H and O–H groups in total. The Bertz CT molecular complexity index is 1220. The number of aromatic nitrogens is 1. The summed E-state index contributed by atoms with van der Waals surface area (Å²) < 4.78 is 22.9. The van der Waals surface area contributed by atoms with E-state index in [4.69, 9.17) is 10.00 Å². The average molecular weight is 440 g/mol. The topological polar surface area (TPSA) is 108 Å². The predicted molar refractivity (Wildman–Crippen MR) is 116 cm³/mol. The molecular weight excluding hydrogens is 415 g/mol. The molecule has 1 saturated heterocycles. The molecule has 2 aliphatic carbocycles. The van der Waals surface area contributed by atoms with Crippen molar-refractivity contribution in [1.82, 2.24) is 9.88 Å². The Morgan fingerprint density at radius 3 is 2.91 bits per heavy atom. The second-order valence-electron chi connectivity index (χ2n) is 9.10. The highest BCUT2D eigenvalue weighted by Crippen LogP contribution is 2.55. The van der Waals surface area contributed by atoms with Crippen molar-refractivity contribution in [2.75, 3.05) is 31.6 Å². The molecule has 3 fully saturated rings. The molecule has 8 nitrogen and oxygen atoms in total. The number of methoxy groups -OCH3 is 1. The van der Waals surface area contributed by atoms with Gasteiger partial charge in [-0.15, -0.1) is 0 Å². The summed E-state index contributed by atoms with van der Waals surface area (Å²) in [4.78, 5) is 26.4. The van der Waals surface area contributed by atoms with Gasteiger partial charge in [0.1, 0.15) is 11.3 Å². The van der Waals surface area contributed by atoms with Crippen LogP contribution in [0.25, 0.3) is 10.9 Å². The number of anilines is 1. The number of nitrogens with zero attached hydrogens (tertiary/aromatic N) is 3. The van der Waals surface area contributed by atoms with Crippen LogP contribution in [0, 0.1) is 22.6 Å². The number of ether oxygens (including phenoxy) is 1. The molecule has 5 rings (SSSR count). The summed E-state index contributed by atoms with van der Waals surface area (Å²) in [6.07, 6.45) is 5.47. The number of rotatable bonds is 7. The second kappa shape index (κ2) is 7.48. The Hall–Kier alpha value is -3.12. The van der Waals surface area contributed by atoms with Crippen LogP contribution < -0.4 is 20.4 Å². The van der Waals surface area contributed by atoms with Crippen LogP contribution in [0.4, 0.5) is 10.1 Å². The number of hydrogen-bond acceptors (Lipinski definition) is 6. The van der Waals surface area contributed by atoms with Gasteiger partial charge in [-0.05, 0) is 31.7 Å². The van der Waals surface area contributed by atoms with Gasteiger partial charge in [0.05, 0.1) is 24.1 Å². The van der Waals surface area contributed by atoms with Gasteiger partial charge in [0.15, 0.2) is 11.6 Å². The number of benzene rings is 1. The monoisotopic (exact) mass is 440 g/mol. The fraction of sp³-hybridized carbons (Fsp3) is 0.522. The summed E-state index contributed by atoms with van der Waals surface area (Å²) in [5.41, 5.74) is -0.207. The highest BCUT2D eigenvalue weighted by atomic mass is 19.1. The number of hydrogen-bond donors (Lipinski definition) is 2. The quantitative estimate of drug-likeness (QED) is 0.638. The maximum absolute atomic E-state index is 15.4. The van der Waals surface area contributed by atoms with Crippen molar-refractivity contribution in [2.45, 2.75) is 44.2 Å². The van der Waals surface area contributed by atoms with Crippen LogP contribution in [-0.4, -0.2) is 48.4 Å². The molecule has 168 valence electrons. The lowest BCUT2D eigenvalue weighted by Crippen LogP contribution is -2.28. The molecule has 32 heavy (non-hydrogen) atoms. The number of halogens is 1. The maximum atomic E-state index is 15.4. The minimum absolute atomic E-state index is 0.0336. The van der Waals surface area contributed by atoms with Crippen LogP contribution >= 0.6 is 0 Å². The zero-order valence-corrected chi connectivity index (χ0v) is 17.9. The van der Waals surface area contributed by atoms with Gasteiger partial charge < -0.3 is 24.6 Å². The third-order valence-electron chi connectivity index (χ3n) is 7.09. The minimum Gasteiger partial charge on any atom is -0.492 e. The van der Waals surface area contributed by atoms with E-state index in [2.05, 4.69) is 11.4 Å². The summed E-state index contributed by atoms with van der Waals surface area (Å²) in [7, 11) is 1.46. The van der Waals surface area contributed by atoms with E-state index in [0.29, 0.717) is 43.3 Å². The third-order valence-corrected chi connectivity index (χ3v) is 7.09. The molecule has 2 saturated carbocycles. The highest BCUT2D eigenvalue weighted by molar-refractivity contribution is 5.97. The van der Waals surface area contributed by atoms with Gasteiger partial charge in [-0.25, -0.2) is 9.18 Å². The van der Waals surface area contributed by atoms with E-state index in [1.807, 2.05) is 4.90 Å². The zero-order chi connectivity index (χ0) is 22.6. The number of nitrogens with one attached hydrogen (secondary N) is 1. The Morgan fingerprint density at radius 2 is 2.25 bits per heavy atom. The highest BCUT2D eigenvalue weighted by Gasteiger charge is 2.57. The van der Waals surface area contributed by atoms with E-state index >= 15 is 4.39 Å². The summed E-state index contributed by atoms with van der Waals surface area (Å²) in [6, 6.07) is 3.70. The lowest BCUT2D eigenvalue weighted by atomic mass is 10.1. The molecule has 2 atom stereocenters. The smallest absolute Gasteiger partial charge is 0.341 e. The molecule has 1 spiro atoms. The van der Waals surface area contributed by atoms with Gasteiger partial charge in [0, 0.05) is 49.8 Å². The number of pyridine rings is 1. The summed E-state index contributed by atoms with van der Waals surface area (Å²) in [6.45, 7) is 1.98. The van der Waals surface area contributed by atoms with Crippen molar-refractivity contribution in [3.05, 3.63) is 33.9 Å². The molecule has 1 aromatic carbocycles. The van der Waals surface area contributed by atoms with Gasteiger partial charge in [0.2, 0.25) is 5.43 Å². The Labute approximate surface area is 184 Å². The maximum Gasteiger partial charge on any atom is 0.341 e. The largest absolute Gasteiger partial charge is 0.492 e. The van der Waals surface area contributed by atoms with E-state index in [1.54, 1.807) is 4.57 Å². The summed E-state index contributed by atoms with van der Waals surface area (Å²) >= 11 is 0. The predicted octanol–water partition coefficient (Wildman–Crippen LogP) is 2.65. The van der Waals surface area contributed by atoms with Crippen molar-refractivity contribution in [1.29, 1.82) is 5.26 Å². The molecular formula is C23H25FN4O4. The molecule has 2 aromatic rings. The Kier molecular flexibility index (Phi) is 4.86. The SMILES string of the molecule is COc1c(N2CCC3(CC3NCCC#N)C2)c(F)cc2c(=O)c(C(=O)O)cn(C3CC3)c12. The molecule has 0 amide bonds. The fourth-order valence-electron chi connectivity index (χ4n) is 5.20. The number of aromatic carboxylic acids is 1. The van der Waals surface area contributed by atoms with Crippen LogP contribution in [0.2, 0.25) is 0 Å². The molecule has 1 aliphatic heterocycles. The first-order chi connectivity index (χ1) is 15.4. The lowest BCUT2D eigenvalue weighted by Gasteiger charge is -2.25. The van der Waals surface area contributed by atoms with E-state index in [-0.39, 0.29) is 28.2 Å². The van der Waals surface area contributed by atoms with Crippen molar-refractivity contribution < 1.29 is 19.0 Å². The van der Waals surface area contributed by atoms with Gasteiger partial charge in [-0.2, -0.15) is 5.26 Å². The Morgan fingerprint density at radius 1 is 1.47 bits per heavy atom. The second-order valence-corrected chi connectivity index (χ2v) is 9.10. The fourth-order valence-corrected chi connectivity index (χ4v) is 5.20. The molecule has 2 heterocycles. The minimum atomic E-state index is -1.32. The number of nitriles is 1. The Balaban J connectivity index is 1.57. The van der Waals surface area contributed by atoms with Gasteiger partial charge in [-0.3, -0.25) is 4.79 Å². The number of carboxylic acids is 1. The van der Waals surface area contributed by atoms with Crippen LogP contribution in [0.15, 0.2) is 17.1 Å². The molecule has 9 heteroatoms. The summed E-state index contributed by atoms with van der Waals surface area (Å²) in [5.74, 6) is -1.62. The molecule has 0 bridgehead atoms. The number of carboxylic acid groups (broad SMARTS) is 1. The van der Waals surface area contributed by atoms with Crippen LogP contribution in [0.3, 0.4) is 0 Å². The summed E-state index contributed by atoms with van der Waals surface area (Å²) in [5, 5.41) is 21.7. The zero-order valence-electron chi connectivity index (χ0n) is 17.9. The first kappa shape index (κ1) is 20.8. The van der Waals surface area contributed by atoms with Crippen molar-refractivity contribution >= 4 is 22.6 Å². The van der Waals surface area contributed by atoms with Gasteiger partial charge in [0.25, 0.3) is 0 Å². The van der Waals surface area contributed by atoms with Crippen LogP contribution in [-0.2, 0) is 0 Å². The van der Waals surface area contributed by atoms with Crippen molar-refractivity contribution in [3.8, 4) is 11.8 Å². The van der Waals surface area contributed by atoms with E-state index in [1.165, 1.54) is 19.4 Å². The van der Waals surface area contributed by atoms with Crippen LogP contribution in [0.1, 0.15) is 48.5 Å². The third kappa shape index (κ3) is 3.21. The standard InChI is InChI=1S/C23H25FN4O4/c1-32-21-18-14(20(29)15(22(30)31)11-28(18)13-3-4-13)9-16(24)19(21)27-8-5-23(12-27)10-17(23)26-7-2-6-25/h9,11,13,17,26H,2-5,7-8,10,12H2,1H3,(H,30,31). The lowest BCUT2D eigenvalue weighted by molar-refractivity contribution is 0.0695. The van der Waals surface area contributed by atoms with Crippen LogP contribution in [0.5, 0.6) is 5.75 Å². The number of fused-ring (bicyclic) bond motifs is 1. The average Bonchev–Trinajstić information content (AvgIpc) is 3.66. The number of carbonyl (C=O) groups is 1. The molecule has 2 unspecified atom stereocenters. The normalized spacial score (nSPS) is 24.2. The van der Waals surface area contributed by atoms with Crippen molar-refractivity contribution in [3.63, 3.8) is 0 Å². The first-order valence-electron chi connectivity index (χ1n) is 10.9. The van der Waals surface area contributed by atoms with Gasteiger partial charge in [-0.1, -0.05) is 0 Å². The molecule has 1 aromatic heterocycles. The first-order valence-corrected chi connectivity index (χ1v) is 10.9. The van der Waals surface area contributed by atoms with E-state index in [0.717, 1.165) is 25.7 Å². The van der Waals surface area contributed by atoms with Crippen molar-refractivity contribution in [2.24, 2.45) is 5.41 Å². The molecule has 0 radical (unpaired) electrons. The van der Waals surface area contributed by atoms with Gasteiger partial charge >= 0.3 is 5.97 Å². The van der Waals surface area contributed by atoms with E-state index < -0.39 is 17.2 Å².